The van der Waals surface area contributed by atoms with Crippen LogP contribution in [0.1, 0.15) is 17.0 Å². The summed E-state index contributed by atoms with van der Waals surface area (Å²) in [5, 5.41) is 0. The Morgan fingerprint density at radius 1 is 0.438 bits per heavy atom. The van der Waals surface area contributed by atoms with Gasteiger partial charge < -0.3 is 19.4 Å². The molecule has 8 aromatic rings. The predicted octanol–water partition coefficient (Wildman–Crippen LogP) is 11.0. The molecule has 0 atom stereocenters. The first-order valence-electron chi connectivity index (χ1n) is 15.8. The van der Waals surface area contributed by atoms with Crippen molar-refractivity contribution in [3.8, 4) is 45.7 Å². The van der Waals surface area contributed by atoms with E-state index < -0.39 is 0 Å². The summed E-state index contributed by atoms with van der Waals surface area (Å²) in [6.07, 6.45) is 9.82. The lowest BCUT2D eigenvalue weighted by molar-refractivity contribution is 0.668. The molecule has 1 aliphatic heterocycles. The van der Waals surface area contributed by atoms with E-state index in [-0.39, 0.29) is 0 Å². The average molecular weight is 617 g/mol. The molecule has 0 aliphatic carbocycles. The summed E-state index contributed by atoms with van der Waals surface area (Å²) in [7, 11) is 0. The molecule has 226 valence electrons. The molecular formula is C43H28N4O. The van der Waals surface area contributed by atoms with Crippen LogP contribution in [0.25, 0.3) is 89.8 Å². The second-order valence-corrected chi connectivity index (χ2v) is 11.8. The molecule has 3 N–H and O–H groups in total. The van der Waals surface area contributed by atoms with Gasteiger partial charge in [-0.25, -0.2) is 4.98 Å². The van der Waals surface area contributed by atoms with Gasteiger partial charge in [0.05, 0.1) is 39.0 Å². The van der Waals surface area contributed by atoms with Crippen molar-refractivity contribution in [1.82, 2.24) is 19.9 Å². The summed E-state index contributed by atoms with van der Waals surface area (Å²) in [5.74, 6) is 2.73. The van der Waals surface area contributed by atoms with E-state index >= 15 is 0 Å². The molecule has 0 fully saturated rings. The number of nitrogens with zero attached hydrogens (tertiary/aromatic N) is 1. The van der Waals surface area contributed by atoms with Gasteiger partial charge in [0.2, 0.25) is 0 Å². The van der Waals surface area contributed by atoms with Gasteiger partial charge in [0.15, 0.2) is 0 Å². The van der Waals surface area contributed by atoms with Crippen LogP contribution in [0, 0.1) is 12.3 Å². The maximum Gasteiger partial charge on any atom is 0.137 e. The molecule has 5 nitrogen and oxygen atoms in total. The van der Waals surface area contributed by atoms with Crippen molar-refractivity contribution in [3.05, 3.63) is 150 Å². The lowest BCUT2D eigenvalue weighted by Crippen LogP contribution is -1.86. The van der Waals surface area contributed by atoms with Crippen LogP contribution in [0.5, 0.6) is 0 Å². The maximum absolute atomic E-state index is 6.78. The fraction of sp³-hybridized carbons (Fsp3) is 0. The molecular weight excluding hydrogens is 589 g/mol. The first kappa shape index (κ1) is 27.5. The zero-order chi connectivity index (χ0) is 32.0. The van der Waals surface area contributed by atoms with E-state index in [0.29, 0.717) is 0 Å². The van der Waals surface area contributed by atoms with E-state index in [1.54, 1.807) is 0 Å². The zero-order valence-electron chi connectivity index (χ0n) is 25.8. The SMILES string of the molecule is C#Cc1ccc(-c2c3nc(c4ccc([nH]4)c(-c4ccccc4)c4ccc(o4)c(-c4ccccc4)c4ccc([nH]4)c4ccc2[nH]4)C=C3)cc1. The van der Waals surface area contributed by atoms with Gasteiger partial charge in [-0.05, 0) is 89.5 Å². The highest BCUT2D eigenvalue weighted by Crippen LogP contribution is 2.36. The van der Waals surface area contributed by atoms with Crippen LogP contribution in [-0.4, -0.2) is 19.9 Å². The molecule has 0 saturated carbocycles. The minimum absolute atomic E-state index is 0.766. The first-order valence-corrected chi connectivity index (χ1v) is 15.8. The van der Waals surface area contributed by atoms with Crippen molar-refractivity contribution in [1.29, 1.82) is 0 Å². The molecule has 0 saturated heterocycles. The number of hydrogen-bond donors (Lipinski definition) is 3. The van der Waals surface area contributed by atoms with Crippen molar-refractivity contribution in [3.63, 3.8) is 0 Å². The lowest BCUT2D eigenvalue weighted by atomic mass is 10.0. The Balaban J connectivity index is 1.44. The summed E-state index contributed by atoms with van der Waals surface area (Å²) in [5.41, 5.74) is 15.8. The third-order valence-electron chi connectivity index (χ3n) is 8.89. The smallest absolute Gasteiger partial charge is 0.137 e. The fourth-order valence-corrected chi connectivity index (χ4v) is 6.59. The van der Waals surface area contributed by atoms with Crippen LogP contribution in [0.4, 0.5) is 0 Å². The summed E-state index contributed by atoms with van der Waals surface area (Å²) in [4.78, 5) is 16.2. The number of aromatic amines is 3. The van der Waals surface area contributed by atoms with Crippen LogP contribution in [0.2, 0.25) is 0 Å². The molecule has 0 unspecified atom stereocenters. The number of hydrogen-bond acceptors (Lipinski definition) is 2. The molecule has 0 amide bonds. The Morgan fingerprint density at radius 3 is 1.46 bits per heavy atom. The van der Waals surface area contributed by atoms with Gasteiger partial charge in [-0.15, -0.1) is 6.42 Å². The molecule has 5 aromatic heterocycles. The molecule has 48 heavy (non-hydrogen) atoms. The van der Waals surface area contributed by atoms with Gasteiger partial charge >= 0.3 is 0 Å². The highest BCUT2D eigenvalue weighted by atomic mass is 16.3. The highest BCUT2D eigenvalue weighted by molar-refractivity contribution is 5.98. The number of aromatic nitrogens is 4. The maximum atomic E-state index is 6.78. The van der Waals surface area contributed by atoms with Crippen molar-refractivity contribution >= 4 is 56.4 Å². The largest absolute Gasteiger partial charge is 0.456 e. The molecule has 1 aliphatic rings. The van der Waals surface area contributed by atoms with Gasteiger partial charge in [-0.2, -0.15) is 0 Å². The predicted molar refractivity (Wildman–Crippen MR) is 198 cm³/mol. The Kier molecular flexibility index (Phi) is 6.45. The molecule has 10 bridgehead atoms. The third-order valence-corrected chi connectivity index (χ3v) is 8.89. The standard InChI is InChI=1S/C43H28N4O/c1-2-27-13-15-30(16-14-27)41-35-21-17-31(44-35)33-19-23-37(46-33)42(28-9-5-3-6-10-28)39-25-26-40(48-39)43(29-11-7-4-8-12-29)38-24-20-34(47-38)32-18-22-36(41)45-32/h1,3-26,44,46-47H. The van der Waals surface area contributed by atoms with Crippen molar-refractivity contribution in [2.24, 2.45) is 0 Å². The van der Waals surface area contributed by atoms with Gasteiger partial charge in [0.1, 0.15) is 11.2 Å². The molecule has 3 aromatic carbocycles. The van der Waals surface area contributed by atoms with Crippen LogP contribution in [-0.2, 0) is 0 Å². The minimum atomic E-state index is 0.766. The van der Waals surface area contributed by atoms with Crippen molar-refractivity contribution < 1.29 is 4.42 Å². The van der Waals surface area contributed by atoms with Gasteiger partial charge in [0, 0.05) is 27.8 Å². The topological polar surface area (TPSA) is 73.4 Å². The van der Waals surface area contributed by atoms with Gasteiger partial charge in [-0.3, -0.25) is 0 Å². The van der Waals surface area contributed by atoms with Crippen LogP contribution >= 0.6 is 0 Å². The minimum Gasteiger partial charge on any atom is -0.456 e. The van der Waals surface area contributed by atoms with E-state index in [9.17, 15) is 0 Å². The second-order valence-electron chi connectivity index (χ2n) is 11.8. The summed E-state index contributed by atoms with van der Waals surface area (Å²) in [6.45, 7) is 0. The summed E-state index contributed by atoms with van der Waals surface area (Å²) in [6, 6.07) is 45.5. The summed E-state index contributed by atoms with van der Waals surface area (Å²) < 4.78 is 6.78. The monoisotopic (exact) mass is 616 g/mol. The number of nitrogens with one attached hydrogen (secondary N) is 3. The molecule has 9 rings (SSSR count). The van der Waals surface area contributed by atoms with Gasteiger partial charge in [0.25, 0.3) is 0 Å². The average Bonchev–Trinajstić information content (AvgIpc) is 3.98. The number of terminal acetylenes is 1. The normalized spacial score (nSPS) is 11.6. The van der Waals surface area contributed by atoms with Crippen molar-refractivity contribution in [2.45, 2.75) is 0 Å². The molecule has 0 radical (unpaired) electrons. The Hall–Kier alpha value is -6.77. The number of furan rings is 1. The van der Waals surface area contributed by atoms with E-state index in [0.717, 1.165) is 94.6 Å². The lowest BCUT2D eigenvalue weighted by Gasteiger charge is -2.04. The Bertz CT molecular complexity index is 2710. The Morgan fingerprint density at radius 2 is 0.896 bits per heavy atom. The number of H-pyrrole nitrogens is 3. The molecule has 5 heteroatoms. The zero-order valence-corrected chi connectivity index (χ0v) is 25.8. The quantitative estimate of drug-likeness (QED) is 0.173. The van der Waals surface area contributed by atoms with E-state index in [4.69, 9.17) is 15.8 Å². The molecule has 6 heterocycles. The number of fused-ring (bicyclic) bond motifs is 12. The van der Waals surface area contributed by atoms with Crippen molar-refractivity contribution in [2.75, 3.05) is 0 Å². The molecule has 0 spiro atoms. The highest BCUT2D eigenvalue weighted by Gasteiger charge is 2.15. The fourth-order valence-electron chi connectivity index (χ4n) is 6.59. The number of benzene rings is 3. The van der Waals surface area contributed by atoms with E-state index in [2.05, 4.69) is 130 Å². The third kappa shape index (κ3) is 4.72. The van der Waals surface area contributed by atoms with Gasteiger partial charge in [-0.1, -0.05) is 78.7 Å². The second kappa shape index (κ2) is 11.2. The van der Waals surface area contributed by atoms with Crippen LogP contribution < -0.4 is 0 Å². The van der Waals surface area contributed by atoms with Crippen LogP contribution in [0.15, 0.2) is 138 Å². The summed E-state index contributed by atoms with van der Waals surface area (Å²) >= 11 is 0. The first-order chi connectivity index (χ1) is 23.7. The van der Waals surface area contributed by atoms with Crippen LogP contribution in [0.3, 0.4) is 0 Å². The van der Waals surface area contributed by atoms with E-state index in [1.807, 2.05) is 36.4 Å². The van der Waals surface area contributed by atoms with E-state index in [1.165, 1.54) is 0 Å². The number of rotatable bonds is 3. The Labute approximate surface area is 276 Å².